The van der Waals surface area contributed by atoms with Crippen molar-refractivity contribution in [1.82, 2.24) is 10.2 Å². The Hall–Kier alpha value is -1.39. The summed E-state index contributed by atoms with van der Waals surface area (Å²) in [6.45, 7) is 4.37. The number of anilines is 1. The molecule has 1 spiro atoms. The van der Waals surface area contributed by atoms with Gasteiger partial charge in [-0.05, 0) is 63.5 Å². The number of para-hydroxylation sites is 1. The van der Waals surface area contributed by atoms with E-state index >= 15 is 0 Å². The maximum absolute atomic E-state index is 12.6. The highest BCUT2D eigenvalue weighted by Crippen LogP contribution is 2.45. The summed E-state index contributed by atoms with van der Waals surface area (Å²) < 4.78 is 0. The number of hydrogen-bond acceptors (Lipinski definition) is 3. The Bertz CT molecular complexity index is 543. The number of carbonyl (C=O) groups is 1. The maximum Gasteiger partial charge on any atom is 0.235 e. The van der Waals surface area contributed by atoms with Crippen LogP contribution in [0, 0.1) is 0 Å². The van der Waals surface area contributed by atoms with E-state index in [1.54, 1.807) is 0 Å². The van der Waals surface area contributed by atoms with E-state index in [1.165, 1.54) is 18.4 Å². The minimum absolute atomic E-state index is 0.216. The molecule has 2 fully saturated rings. The highest BCUT2D eigenvalue weighted by Gasteiger charge is 2.48. The fourth-order valence-electron chi connectivity index (χ4n) is 4.31. The average Bonchev–Trinajstić information content (AvgIpc) is 2.82. The number of likely N-dealkylation sites (tertiary alicyclic amines) is 1. The quantitative estimate of drug-likeness (QED) is 0.826. The Labute approximate surface area is 125 Å². The number of nitrogens with zero attached hydrogens (tertiary/aromatic N) is 1. The minimum Gasteiger partial charge on any atom is -0.325 e. The molecule has 4 heteroatoms. The number of piperidine rings is 2. The van der Waals surface area contributed by atoms with Crippen molar-refractivity contribution in [3.63, 3.8) is 0 Å². The lowest BCUT2D eigenvalue weighted by Gasteiger charge is -2.42. The Morgan fingerprint density at radius 1 is 1.10 bits per heavy atom. The first-order valence-corrected chi connectivity index (χ1v) is 8.15. The van der Waals surface area contributed by atoms with Crippen molar-refractivity contribution in [2.75, 3.05) is 31.5 Å². The van der Waals surface area contributed by atoms with E-state index in [9.17, 15) is 4.79 Å². The lowest BCUT2D eigenvalue weighted by molar-refractivity contribution is -0.122. The number of hydrogen-bond donors (Lipinski definition) is 2. The normalized spacial score (nSPS) is 25.8. The summed E-state index contributed by atoms with van der Waals surface area (Å²) in [5, 5.41) is 6.52. The van der Waals surface area contributed by atoms with Gasteiger partial charge in [0.2, 0.25) is 5.91 Å². The van der Waals surface area contributed by atoms with Crippen LogP contribution >= 0.6 is 0 Å². The van der Waals surface area contributed by atoms with E-state index < -0.39 is 0 Å². The van der Waals surface area contributed by atoms with Crippen LogP contribution in [0.25, 0.3) is 0 Å². The number of carbonyl (C=O) groups excluding carboxylic acids is 1. The van der Waals surface area contributed by atoms with Gasteiger partial charge in [-0.15, -0.1) is 0 Å². The van der Waals surface area contributed by atoms with Crippen molar-refractivity contribution in [3.05, 3.63) is 29.8 Å². The molecule has 4 nitrogen and oxygen atoms in total. The molecule has 1 aromatic rings. The van der Waals surface area contributed by atoms with Gasteiger partial charge in [-0.25, -0.2) is 0 Å². The monoisotopic (exact) mass is 285 g/mol. The molecule has 2 N–H and O–H groups in total. The second-order valence-corrected chi connectivity index (χ2v) is 6.60. The highest BCUT2D eigenvalue weighted by atomic mass is 16.2. The molecule has 0 atom stereocenters. The fourth-order valence-corrected chi connectivity index (χ4v) is 4.31. The molecule has 3 aliphatic rings. The van der Waals surface area contributed by atoms with Gasteiger partial charge in [0.25, 0.3) is 0 Å². The molecule has 0 saturated carbocycles. The van der Waals surface area contributed by atoms with Crippen LogP contribution in [0.3, 0.4) is 0 Å². The van der Waals surface area contributed by atoms with E-state index in [1.807, 2.05) is 12.1 Å². The molecule has 112 valence electrons. The predicted octanol–water partition coefficient (Wildman–Crippen LogP) is 1.72. The average molecular weight is 285 g/mol. The first-order valence-electron chi connectivity index (χ1n) is 8.15. The molecule has 3 aliphatic heterocycles. The van der Waals surface area contributed by atoms with Crippen LogP contribution < -0.4 is 10.6 Å². The SMILES string of the molecule is O=C1Nc2ccccc2C12CCN(C1CCNCC1)CC2. The van der Waals surface area contributed by atoms with E-state index in [0.29, 0.717) is 6.04 Å². The lowest BCUT2D eigenvalue weighted by Crippen LogP contribution is -2.51. The predicted molar refractivity (Wildman–Crippen MR) is 83.4 cm³/mol. The fraction of sp³-hybridized carbons (Fsp3) is 0.588. The number of rotatable bonds is 1. The van der Waals surface area contributed by atoms with Gasteiger partial charge in [-0.2, -0.15) is 0 Å². The zero-order valence-corrected chi connectivity index (χ0v) is 12.4. The molecule has 0 bridgehead atoms. The summed E-state index contributed by atoms with van der Waals surface area (Å²) in [7, 11) is 0. The third kappa shape index (κ3) is 2.09. The Morgan fingerprint density at radius 3 is 2.57 bits per heavy atom. The Balaban J connectivity index is 1.53. The van der Waals surface area contributed by atoms with Crippen LogP contribution in [0.4, 0.5) is 5.69 Å². The molecule has 1 amide bonds. The molecule has 2 saturated heterocycles. The maximum atomic E-state index is 12.6. The van der Waals surface area contributed by atoms with Gasteiger partial charge in [-0.1, -0.05) is 18.2 Å². The number of amides is 1. The van der Waals surface area contributed by atoms with Gasteiger partial charge in [0.05, 0.1) is 5.41 Å². The first-order chi connectivity index (χ1) is 10.3. The third-order valence-electron chi connectivity index (χ3n) is 5.60. The van der Waals surface area contributed by atoms with Crippen LogP contribution in [0.5, 0.6) is 0 Å². The summed E-state index contributed by atoms with van der Waals surface area (Å²) in [5.41, 5.74) is 1.98. The molecular formula is C17H23N3O. The van der Waals surface area contributed by atoms with E-state index in [2.05, 4.69) is 27.7 Å². The largest absolute Gasteiger partial charge is 0.325 e. The molecule has 0 aliphatic carbocycles. The van der Waals surface area contributed by atoms with Crippen molar-refractivity contribution in [3.8, 4) is 0 Å². The van der Waals surface area contributed by atoms with Gasteiger partial charge in [-0.3, -0.25) is 4.79 Å². The van der Waals surface area contributed by atoms with Crippen molar-refractivity contribution in [2.24, 2.45) is 0 Å². The minimum atomic E-state index is -0.264. The van der Waals surface area contributed by atoms with Gasteiger partial charge in [0, 0.05) is 11.7 Å². The molecule has 0 unspecified atom stereocenters. The number of benzene rings is 1. The summed E-state index contributed by atoms with van der Waals surface area (Å²) in [6.07, 6.45) is 4.41. The molecule has 4 rings (SSSR count). The van der Waals surface area contributed by atoms with Crippen molar-refractivity contribution in [1.29, 1.82) is 0 Å². The van der Waals surface area contributed by atoms with Gasteiger partial charge in [0.15, 0.2) is 0 Å². The van der Waals surface area contributed by atoms with Crippen molar-refractivity contribution < 1.29 is 4.79 Å². The second kappa shape index (κ2) is 5.11. The number of fused-ring (bicyclic) bond motifs is 2. The van der Waals surface area contributed by atoms with E-state index in [4.69, 9.17) is 0 Å². The molecular weight excluding hydrogens is 262 g/mol. The van der Waals surface area contributed by atoms with Gasteiger partial charge >= 0.3 is 0 Å². The molecule has 3 heterocycles. The van der Waals surface area contributed by atoms with Crippen molar-refractivity contribution >= 4 is 11.6 Å². The molecule has 0 radical (unpaired) electrons. The van der Waals surface area contributed by atoms with Crippen LogP contribution in [0.15, 0.2) is 24.3 Å². The molecule has 21 heavy (non-hydrogen) atoms. The van der Waals surface area contributed by atoms with Crippen molar-refractivity contribution in [2.45, 2.75) is 37.1 Å². The first kappa shape index (κ1) is 13.3. The highest BCUT2D eigenvalue weighted by molar-refractivity contribution is 6.06. The van der Waals surface area contributed by atoms with Gasteiger partial charge < -0.3 is 15.5 Å². The smallest absolute Gasteiger partial charge is 0.235 e. The summed E-state index contributed by atoms with van der Waals surface area (Å²) >= 11 is 0. The Morgan fingerprint density at radius 2 is 1.81 bits per heavy atom. The second-order valence-electron chi connectivity index (χ2n) is 6.60. The van der Waals surface area contributed by atoms with Crippen LogP contribution in [0.1, 0.15) is 31.2 Å². The van der Waals surface area contributed by atoms with Crippen LogP contribution in [-0.4, -0.2) is 43.0 Å². The third-order valence-corrected chi connectivity index (χ3v) is 5.60. The number of nitrogens with one attached hydrogen (secondary N) is 2. The molecule has 0 aromatic heterocycles. The zero-order chi connectivity index (χ0) is 14.3. The summed E-state index contributed by atoms with van der Waals surface area (Å²) in [5.74, 6) is 0.216. The van der Waals surface area contributed by atoms with Crippen LogP contribution in [0.2, 0.25) is 0 Å². The van der Waals surface area contributed by atoms with E-state index in [0.717, 1.165) is 44.7 Å². The summed E-state index contributed by atoms with van der Waals surface area (Å²) in [4.78, 5) is 15.2. The Kier molecular flexibility index (Phi) is 3.23. The topological polar surface area (TPSA) is 44.4 Å². The molecule has 1 aromatic carbocycles. The lowest BCUT2D eigenvalue weighted by atomic mass is 9.73. The van der Waals surface area contributed by atoms with Gasteiger partial charge in [0.1, 0.15) is 0 Å². The standard InChI is InChI=1S/C17H23N3O/c21-16-17(14-3-1-2-4-15(14)19-16)7-11-20(12-8-17)13-5-9-18-10-6-13/h1-4,13,18H,5-12H2,(H,19,21). The summed E-state index contributed by atoms with van der Waals surface area (Å²) in [6, 6.07) is 8.93. The van der Waals surface area contributed by atoms with E-state index in [-0.39, 0.29) is 11.3 Å². The zero-order valence-electron chi connectivity index (χ0n) is 12.4. The van der Waals surface area contributed by atoms with Crippen LogP contribution in [-0.2, 0) is 10.2 Å².